The summed E-state index contributed by atoms with van der Waals surface area (Å²) < 4.78 is 0. The average Bonchev–Trinajstić information content (AvgIpc) is 2.60. The normalized spacial score (nSPS) is 28.9. The van der Waals surface area contributed by atoms with Crippen LogP contribution in [-0.2, 0) is 0 Å². The molecular formula is C13H27N. The highest BCUT2D eigenvalue weighted by Gasteiger charge is 2.36. The van der Waals surface area contributed by atoms with Crippen molar-refractivity contribution in [1.29, 1.82) is 0 Å². The van der Waals surface area contributed by atoms with Gasteiger partial charge in [0.2, 0.25) is 0 Å². The Kier molecular flexibility index (Phi) is 4.43. The van der Waals surface area contributed by atoms with Gasteiger partial charge in [-0.15, -0.1) is 0 Å². The van der Waals surface area contributed by atoms with Gasteiger partial charge in [-0.25, -0.2) is 0 Å². The Bertz CT molecular complexity index is 165. The van der Waals surface area contributed by atoms with Crippen LogP contribution < -0.4 is 0 Å². The van der Waals surface area contributed by atoms with Gasteiger partial charge in [0.25, 0.3) is 0 Å². The van der Waals surface area contributed by atoms with E-state index in [1.54, 1.807) is 0 Å². The van der Waals surface area contributed by atoms with Crippen molar-refractivity contribution in [3.8, 4) is 0 Å². The lowest BCUT2D eigenvalue weighted by molar-refractivity contribution is 0.203. The molecule has 1 heteroatoms. The number of hydrogen-bond acceptors (Lipinski definition) is 1. The van der Waals surface area contributed by atoms with E-state index < -0.39 is 0 Å². The van der Waals surface area contributed by atoms with Crippen molar-refractivity contribution in [2.75, 3.05) is 13.1 Å². The van der Waals surface area contributed by atoms with E-state index in [1.807, 2.05) is 0 Å². The lowest BCUT2D eigenvalue weighted by Crippen LogP contribution is -2.31. The molecule has 1 saturated heterocycles. The smallest absolute Gasteiger partial charge is 0.00411 e. The standard InChI is InChI=1S/C13H27N/c1-5-7-8-13(6-2)9-10-14(11-13)12(3)4/h12H,5-11H2,1-4H3. The summed E-state index contributed by atoms with van der Waals surface area (Å²) in [5.41, 5.74) is 0.667. The van der Waals surface area contributed by atoms with Gasteiger partial charge in [-0.05, 0) is 45.1 Å². The van der Waals surface area contributed by atoms with Crippen LogP contribution in [0.5, 0.6) is 0 Å². The predicted molar refractivity (Wildman–Crippen MR) is 63.6 cm³/mol. The Morgan fingerprint density at radius 3 is 2.43 bits per heavy atom. The summed E-state index contributed by atoms with van der Waals surface area (Å²) in [6.07, 6.45) is 7.02. The first-order valence-electron chi connectivity index (χ1n) is 6.37. The molecule has 1 fully saturated rings. The number of nitrogens with zero attached hydrogens (tertiary/aromatic N) is 1. The SMILES string of the molecule is CCCCC1(CC)CCN(C(C)C)C1. The summed E-state index contributed by atoms with van der Waals surface area (Å²) in [7, 11) is 0. The number of likely N-dealkylation sites (tertiary alicyclic amines) is 1. The van der Waals surface area contributed by atoms with Crippen LogP contribution in [0.1, 0.15) is 59.8 Å². The van der Waals surface area contributed by atoms with E-state index in [-0.39, 0.29) is 0 Å². The summed E-state index contributed by atoms with van der Waals surface area (Å²) in [6, 6.07) is 0.741. The van der Waals surface area contributed by atoms with E-state index in [0.717, 1.165) is 6.04 Å². The molecule has 1 rings (SSSR count). The van der Waals surface area contributed by atoms with E-state index in [2.05, 4.69) is 32.6 Å². The van der Waals surface area contributed by atoms with Crippen molar-refractivity contribution in [2.24, 2.45) is 5.41 Å². The van der Waals surface area contributed by atoms with E-state index >= 15 is 0 Å². The molecule has 0 saturated carbocycles. The van der Waals surface area contributed by atoms with Gasteiger partial charge < -0.3 is 4.90 Å². The van der Waals surface area contributed by atoms with E-state index in [1.165, 1.54) is 45.2 Å². The van der Waals surface area contributed by atoms with Crippen molar-refractivity contribution >= 4 is 0 Å². The zero-order valence-corrected chi connectivity index (χ0v) is 10.5. The second kappa shape index (κ2) is 5.16. The molecule has 1 aliphatic rings. The van der Waals surface area contributed by atoms with Crippen molar-refractivity contribution in [1.82, 2.24) is 4.90 Å². The Balaban J connectivity index is 2.48. The van der Waals surface area contributed by atoms with E-state index in [4.69, 9.17) is 0 Å². The van der Waals surface area contributed by atoms with Gasteiger partial charge in [0.15, 0.2) is 0 Å². The minimum atomic E-state index is 0.667. The second-order valence-electron chi connectivity index (χ2n) is 5.27. The summed E-state index contributed by atoms with van der Waals surface area (Å²) in [4.78, 5) is 2.65. The fourth-order valence-electron chi connectivity index (χ4n) is 2.63. The molecule has 0 aromatic rings. The average molecular weight is 197 g/mol. The third-order valence-corrected chi connectivity index (χ3v) is 4.01. The molecule has 0 radical (unpaired) electrons. The Morgan fingerprint density at radius 1 is 1.29 bits per heavy atom. The van der Waals surface area contributed by atoms with Crippen LogP contribution in [0.2, 0.25) is 0 Å². The third kappa shape index (κ3) is 2.73. The molecule has 0 spiro atoms. The molecule has 0 aromatic carbocycles. The minimum absolute atomic E-state index is 0.667. The van der Waals surface area contributed by atoms with Gasteiger partial charge in [0.1, 0.15) is 0 Å². The molecule has 0 amide bonds. The van der Waals surface area contributed by atoms with Gasteiger partial charge in [-0.1, -0.05) is 26.7 Å². The number of rotatable bonds is 5. The molecule has 0 aromatic heterocycles. The molecule has 1 nitrogen and oxygen atoms in total. The highest BCUT2D eigenvalue weighted by molar-refractivity contribution is 4.89. The van der Waals surface area contributed by atoms with Crippen molar-refractivity contribution in [3.63, 3.8) is 0 Å². The Morgan fingerprint density at radius 2 is 2.00 bits per heavy atom. The summed E-state index contributed by atoms with van der Waals surface area (Å²) >= 11 is 0. The van der Waals surface area contributed by atoms with E-state index in [9.17, 15) is 0 Å². The first kappa shape index (κ1) is 12.0. The maximum atomic E-state index is 2.65. The van der Waals surface area contributed by atoms with Gasteiger partial charge >= 0.3 is 0 Å². The maximum Gasteiger partial charge on any atom is 0.00411 e. The molecule has 14 heavy (non-hydrogen) atoms. The minimum Gasteiger partial charge on any atom is -0.300 e. The fraction of sp³-hybridized carbons (Fsp3) is 1.00. The Hall–Kier alpha value is -0.0400. The van der Waals surface area contributed by atoms with E-state index in [0.29, 0.717) is 5.41 Å². The van der Waals surface area contributed by atoms with Crippen LogP contribution in [0.15, 0.2) is 0 Å². The highest BCUT2D eigenvalue weighted by atomic mass is 15.2. The van der Waals surface area contributed by atoms with Crippen LogP contribution in [-0.4, -0.2) is 24.0 Å². The topological polar surface area (TPSA) is 3.24 Å². The first-order valence-corrected chi connectivity index (χ1v) is 6.37. The summed E-state index contributed by atoms with van der Waals surface area (Å²) in [5.74, 6) is 0. The maximum absolute atomic E-state index is 2.65. The van der Waals surface area contributed by atoms with Gasteiger partial charge in [-0.2, -0.15) is 0 Å². The number of unbranched alkanes of at least 4 members (excludes halogenated alkanes) is 1. The van der Waals surface area contributed by atoms with Gasteiger partial charge in [-0.3, -0.25) is 0 Å². The first-order chi connectivity index (χ1) is 6.63. The number of hydrogen-bond donors (Lipinski definition) is 0. The van der Waals surface area contributed by atoms with Gasteiger partial charge in [0.05, 0.1) is 0 Å². The summed E-state index contributed by atoms with van der Waals surface area (Å²) in [6.45, 7) is 12.0. The monoisotopic (exact) mass is 197 g/mol. The van der Waals surface area contributed by atoms with Crippen molar-refractivity contribution in [3.05, 3.63) is 0 Å². The molecule has 1 unspecified atom stereocenters. The molecular weight excluding hydrogens is 170 g/mol. The van der Waals surface area contributed by atoms with Crippen molar-refractivity contribution in [2.45, 2.75) is 65.8 Å². The van der Waals surface area contributed by atoms with Crippen LogP contribution in [0.4, 0.5) is 0 Å². The predicted octanol–water partition coefficient (Wildman–Crippen LogP) is 3.69. The van der Waals surface area contributed by atoms with Crippen LogP contribution in [0.25, 0.3) is 0 Å². The fourth-order valence-corrected chi connectivity index (χ4v) is 2.63. The Labute approximate surface area is 89.9 Å². The molecule has 1 heterocycles. The molecule has 1 aliphatic heterocycles. The second-order valence-corrected chi connectivity index (χ2v) is 5.27. The molecule has 0 bridgehead atoms. The lowest BCUT2D eigenvalue weighted by atomic mass is 9.79. The lowest BCUT2D eigenvalue weighted by Gasteiger charge is -2.29. The summed E-state index contributed by atoms with van der Waals surface area (Å²) in [5, 5.41) is 0. The quantitative estimate of drug-likeness (QED) is 0.650. The highest BCUT2D eigenvalue weighted by Crippen LogP contribution is 2.39. The van der Waals surface area contributed by atoms with Crippen LogP contribution in [0.3, 0.4) is 0 Å². The van der Waals surface area contributed by atoms with Gasteiger partial charge in [0, 0.05) is 12.6 Å². The molecule has 0 N–H and O–H groups in total. The zero-order chi connectivity index (χ0) is 10.6. The van der Waals surface area contributed by atoms with Crippen molar-refractivity contribution < 1.29 is 0 Å². The molecule has 1 atom stereocenters. The zero-order valence-electron chi connectivity index (χ0n) is 10.5. The molecule has 84 valence electrons. The van der Waals surface area contributed by atoms with Crippen LogP contribution >= 0.6 is 0 Å². The molecule has 0 aliphatic carbocycles. The van der Waals surface area contributed by atoms with Crippen LogP contribution in [0, 0.1) is 5.41 Å². The largest absolute Gasteiger partial charge is 0.300 e. The third-order valence-electron chi connectivity index (χ3n) is 4.01.